The van der Waals surface area contributed by atoms with Gasteiger partial charge in [0.2, 0.25) is 0 Å². The average Bonchev–Trinajstić information content (AvgIpc) is 2.15. The van der Waals surface area contributed by atoms with Gasteiger partial charge in [-0.1, -0.05) is 0 Å². The molecule has 0 aromatic heterocycles. The van der Waals surface area contributed by atoms with Crippen LogP contribution in [0.3, 0.4) is 0 Å². The number of carbonyl (C=O) groups excluding carboxylic acids is 1. The number of methoxy groups -OCH3 is 1. The van der Waals surface area contributed by atoms with Crippen molar-refractivity contribution in [3.05, 3.63) is 0 Å². The van der Waals surface area contributed by atoms with E-state index in [9.17, 15) is 4.79 Å². The van der Waals surface area contributed by atoms with Crippen LogP contribution in [0.4, 0.5) is 4.79 Å². The molecule has 0 aliphatic carbocycles. The molecule has 1 saturated heterocycles. The van der Waals surface area contributed by atoms with Gasteiger partial charge in [-0.05, 0) is 27.2 Å². The Balaban J connectivity index is 2.52. The van der Waals surface area contributed by atoms with E-state index in [0.29, 0.717) is 13.1 Å². The monoisotopic (exact) mass is 230 g/mol. The summed E-state index contributed by atoms with van der Waals surface area (Å²) in [6.45, 7) is 6.71. The first-order valence-electron chi connectivity index (χ1n) is 5.60. The molecule has 0 unspecified atom stereocenters. The first-order chi connectivity index (χ1) is 7.33. The number of likely N-dealkylation sites (tertiary alicyclic amines) is 1. The first kappa shape index (κ1) is 13.3. The maximum Gasteiger partial charge on any atom is 0.410 e. The Morgan fingerprint density at radius 2 is 2.06 bits per heavy atom. The van der Waals surface area contributed by atoms with Gasteiger partial charge in [0.1, 0.15) is 5.60 Å². The molecule has 0 aromatic rings. The largest absolute Gasteiger partial charge is 0.444 e. The molecule has 1 fully saturated rings. The van der Waals surface area contributed by atoms with Gasteiger partial charge in [-0.15, -0.1) is 0 Å². The molecule has 1 amide bonds. The van der Waals surface area contributed by atoms with Crippen molar-refractivity contribution in [1.82, 2.24) is 4.90 Å². The third-order valence-corrected chi connectivity index (χ3v) is 2.56. The molecule has 94 valence electrons. The summed E-state index contributed by atoms with van der Waals surface area (Å²) < 4.78 is 10.5. The summed E-state index contributed by atoms with van der Waals surface area (Å²) in [4.78, 5) is 13.4. The zero-order valence-corrected chi connectivity index (χ0v) is 10.5. The Hall–Kier alpha value is -0.810. The van der Waals surface area contributed by atoms with Crippen molar-refractivity contribution in [3.63, 3.8) is 0 Å². The highest BCUT2D eigenvalue weighted by Crippen LogP contribution is 2.16. The maximum atomic E-state index is 11.8. The lowest BCUT2D eigenvalue weighted by molar-refractivity contribution is -0.0126. The highest BCUT2D eigenvalue weighted by atomic mass is 16.6. The molecule has 1 aliphatic heterocycles. The Morgan fingerprint density at radius 3 is 2.56 bits per heavy atom. The number of hydrogen-bond donors (Lipinski definition) is 1. The minimum atomic E-state index is -0.459. The Kier molecular flexibility index (Phi) is 4.15. The normalized spacial score (nSPS) is 26.7. The fraction of sp³-hybridized carbons (Fsp3) is 0.909. The van der Waals surface area contributed by atoms with E-state index in [0.717, 1.165) is 6.42 Å². The number of nitrogens with zero attached hydrogens (tertiary/aromatic N) is 1. The molecule has 16 heavy (non-hydrogen) atoms. The molecule has 0 aromatic carbocycles. The SMILES string of the molecule is CO[C@@H]1CN(C(=O)OC(C)(C)C)CC[C@H]1N. The van der Waals surface area contributed by atoms with Gasteiger partial charge in [-0.3, -0.25) is 0 Å². The number of ether oxygens (including phenoxy) is 2. The zero-order valence-electron chi connectivity index (χ0n) is 10.5. The van der Waals surface area contributed by atoms with Gasteiger partial charge in [-0.2, -0.15) is 0 Å². The van der Waals surface area contributed by atoms with Crippen LogP contribution in [0.5, 0.6) is 0 Å². The van der Waals surface area contributed by atoms with Gasteiger partial charge in [0.15, 0.2) is 0 Å². The minimum absolute atomic E-state index is 0.00341. The van der Waals surface area contributed by atoms with Crippen LogP contribution in [0.1, 0.15) is 27.2 Å². The number of piperidine rings is 1. The summed E-state index contributed by atoms with van der Waals surface area (Å²) in [5, 5.41) is 0. The Bertz CT molecular complexity index is 250. The summed E-state index contributed by atoms with van der Waals surface area (Å²) >= 11 is 0. The Labute approximate surface area is 96.9 Å². The summed E-state index contributed by atoms with van der Waals surface area (Å²) in [6, 6.07) is 0.00341. The predicted octanol–water partition coefficient (Wildman–Crippen LogP) is 0.970. The van der Waals surface area contributed by atoms with Crippen molar-refractivity contribution in [2.24, 2.45) is 5.73 Å². The van der Waals surface area contributed by atoms with Crippen LogP contribution in [-0.2, 0) is 9.47 Å². The molecule has 0 saturated carbocycles. The number of rotatable bonds is 1. The van der Waals surface area contributed by atoms with Crippen molar-refractivity contribution in [1.29, 1.82) is 0 Å². The van der Waals surface area contributed by atoms with E-state index in [1.165, 1.54) is 0 Å². The van der Waals surface area contributed by atoms with Crippen LogP contribution in [0.25, 0.3) is 0 Å². The number of nitrogens with two attached hydrogens (primary N) is 1. The van der Waals surface area contributed by atoms with Crippen LogP contribution in [0.15, 0.2) is 0 Å². The molecule has 2 N–H and O–H groups in total. The molecule has 2 atom stereocenters. The van der Waals surface area contributed by atoms with Gasteiger partial charge in [0.05, 0.1) is 12.6 Å². The molecule has 0 spiro atoms. The van der Waals surface area contributed by atoms with E-state index in [1.807, 2.05) is 20.8 Å². The molecule has 0 radical (unpaired) electrons. The van der Waals surface area contributed by atoms with E-state index in [4.69, 9.17) is 15.2 Å². The quantitative estimate of drug-likeness (QED) is 0.729. The summed E-state index contributed by atoms with van der Waals surface area (Å²) in [7, 11) is 1.61. The topological polar surface area (TPSA) is 64.8 Å². The molecule has 0 bridgehead atoms. The van der Waals surface area contributed by atoms with E-state index >= 15 is 0 Å². The standard InChI is InChI=1S/C11H22N2O3/c1-11(2,3)16-10(14)13-6-5-8(12)9(7-13)15-4/h8-9H,5-7,12H2,1-4H3/t8-,9-/m1/s1. The minimum Gasteiger partial charge on any atom is -0.444 e. The third-order valence-electron chi connectivity index (χ3n) is 2.56. The average molecular weight is 230 g/mol. The van der Waals surface area contributed by atoms with Gasteiger partial charge in [0, 0.05) is 19.7 Å². The summed E-state index contributed by atoms with van der Waals surface area (Å²) in [5.74, 6) is 0. The Morgan fingerprint density at radius 1 is 1.44 bits per heavy atom. The highest BCUT2D eigenvalue weighted by Gasteiger charge is 2.31. The van der Waals surface area contributed by atoms with Crippen molar-refractivity contribution in [2.75, 3.05) is 20.2 Å². The van der Waals surface area contributed by atoms with E-state index in [-0.39, 0.29) is 18.2 Å². The summed E-state index contributed by atoms with van der Waals surface area (Å²) in [5.41, 5.74) is 5.42. The second kappa shape index (κ2) is 5.01. The zero-order chi connectivity index (χ0) is 12.3. The van der Waals surface area contributed by atoms with Gasteiger partial charge >= 0.3 is 6.09 Å². The van der Waals surface area contributed by atoms with Crippen LogP contribution in [0.2, 0.25) is 0 Å². The lowest BCUT2D eigenvalue weighted by Crippen LogP contribution is -2.53. The van der Waals surface area contributed by atoms with Crippen LogP contribution in [-0.4, -0.2) is 48.9 Å². The number of carbonyl (C=O) groups is 1. The lowest BCUT2D eigenvalue weighted by atomic mass is 10.0. The molecule has 5 nitrogen and oxygen atoms in total. The number of hydrogen-bond acceptors (Lipinski definition) is 4. The lowest BCUT2D eigenvalue weighted by Gasteiger charge is -2.36. The van der Waals surface area contributed by atoms with Crippen molar-refractivity contribution < 1.29 is 14.3 Å². The third kappa shape index (κ3) is 3.64. The molecule has 1 heterocycles. The van der Waals surface area contributed by atoms with Crippen LogP contribution in [0, 0.1) is 0 Å². The molecular weight excluding hydrogens is 208 g/mol. The smallest absolute Gasteiger partial charge is 0.410 e. The second-order valence-corrected chi connectivity index (χ2v) is 5.15. The first-order valence-corrected chi connectivity index (χ1v) is 5.60. The van der Waals surface area contributed by atoms with Crippen molar-refractivity contribution >= 4 is 6.09 Å². The number of amides is 1. The fourth-order valence-corrected chi connectivity index (χ4v) is 1.68. The molecule has 5 heteroatoms. The molecular formula is C11H22N2O3. The maximum absolute atomic E-state index is 11.8. The fourth-order valence-electron chi connectivity index (χ4n) is 1.68. The summed E-state index contributed by atoms with van der Waals surface area (Å²) in [6.07, 6.45) is 0.361. The van der Waals surface area contributed by atoms with Crippen LogP contribution >= 0.6 is 0 Å². The predicted molar refractivity (Wildman–Crippen MR) is 61.2 cm³/mol. The van der Waals surface area contributed by atoms with Gasteiger partial charge in [-0.25, -0.2) is 4.79 Å². The van der Waals surface area contributed by atoms with E-state index in [2.05, 4.69) is 0 Å². The second-order valence-electron chi connectivity index (χ2n) is 5.15. The van der Waals surface area contributed by atoms with Gasteiger partial charge < -0.3 is 20.1 Å². The van der Waals surface area contributed by atoms with Gasteiger partial charge in [0.25, 0.3) is 0 Å². The van der Waals surface area contributed by atoms with Crippen LogP contribution < -0.4 is 5.73 Å². The van der Waals surface area contributed by atoms with Crippen molar-refractivity contribution in [2.45, 2.75) is 44.9 Å². The van der Waals surface area contributed by atoms with E-state index < -0.39 is 5.60 Å². The highest BCUT2D eigenvalue weighted by molar-refractivity contribution is 5.68. The molecule has 1 aliphatic rings. The van der Waals surface area contributed by atoms with Crippen molar-refractivity contribution in [3.8, 4) is 0 Å². The van der Waals surface area contributed by atoms with E-state index in [1.54, 1.807) is 12.0 Å². The molecule has 1 rings (SSSR count).